The third kappa shape index (κ3) is 4.16. The van der Waals surface area contributed by atoms with E-state index >= 15 is 0 Å². The molecule has 0 spiro atoms. The molecule has 0 aliphatic carbocycles. The fourth-order valence-corrected chi connectivity index (χ4v) is 2.29. The van der Waals surface area contributed by atoms with Crippen LogP contribution in [0.4, 0.5) is 14.9 Å². The van der Waals surface area contributed by atoms with Crippen LogP contribution in [0.5, 0.6) is 0 Å². The largest absolute Gasteiger partial charge is 0.388 e. The van der Waals surface area contributed by atoms with Crippen LogP contribution in [0.2, 0.25) is 0 Å². The van der Waals surface area contributed by atoms with Crippen molar-refractivity contribution >= 4 is 27.6 Å². The molecule has 0 radical (unpaired) electrons. The van der Waals surface area contributed by atoms with Gasteiger partial charge in [-0.15, -0.1) is 0 Å². The van der Waals surface area contributed by atoms with Crippen LogP contribution < -0.4 is 10.6 Å². The maximum absolute atomic E-state index is 13.5. The van der Waals surface area contributed by atoms with Crippen LogP contribution in [-0.2, 0) is 4.74 Å². The molecule has 0 saturated carbocycles. The highest BCUT2D eigenvalue weighted by molar-refractivity contribution is 9.10. The summed E-state index contributed by atoms with van der Waals surface area (Å²) < 4.78 is 19.3. The molecular formula is C13H16BrFN2O3. The van der Waals surface area contributed by atoms with E-state index in [9.17, 15) is 14.3 Å². The van der Waals surface area contributed by atoms with E-state index in [0.29, 0.717) is 30.5 Å². The lowest BCUT2D eigenvalue weighted by molar-refractivity contribution is -0.0598. The Kier molecular flexibility index (Phi) is 4.95. The van der Waals surface area contributed by atoms with Crippen LogP contribution in [0.3, 0.4) is 0 Å². The smallest absolute Gasteiger partial charge is 0.319 e. The lowest BCUT2D eigenvalue weighted by Gasteiger charge is -2.32. The number of nitrogens with one attached hydrogen (secondary N) is 2. The molecule has 110 valence electrons. The second-order valence-corrected chi connectivity index (χ2v) is 5.68. The van der Waals surface area contributed by atoms with Crippen molar-refractivity contribution in [1.29, 1.82) is 0 Å². The fraction of sp³-hybridized carbons (Fsp3) is 0.462. The molecule has 1 heterocycles. The highest BCUT2D eigenvalue weighted by Crippen LogP contribution is 2.21. The number of hydrogen-bond acceptors (Lipinski definition) is 3. The van der Waals surface area contributed by atoms with Gasteiger partial charge in [0, 0.05) is 37.1 Å². The molecule has 3 N–H and O–H groups in total. The summed E-state index contributed by atoms with van der Waals surface area (Å²) in [5.74, 6) is -0.520. The molecule has 1 saturated heterocycles. The van der Waals surface area contributed by atoms with Crippen molar-refractivity contribution in [3.8, 4) is 0 Å². The Balaban J connectivity index is 1.87. The maximum Gasteiger partial charge on any atom is 0.319 e. The van der Waals surface area contributed by atoms with Crippen molar-refractivity contribution in [1.82, 2.24) is 5.32 Å². The van der Waals surface area contributed by atoms with Gasteiger partial charge in [0.15, 0.2) is 0 Å². The standard InChI is InChI=1S/C13H16BrFN2O3/c14-9-1-2-10(15)11(7-9)17-12(18)16-8-13(19)3-5-20-6-4-13/h1-2,7,19H,3-6,8H2,(H2,16,17,18). The van der Waals surface area contributed by atoms with E-state index in [0.717, 1.165) is 0 Å². The number of hydrogen-bond donors (Lipinski definition) is 3. The van der Waals surface area contributed by atoms with E-state index in [1.165, 1.54) is 12.1 Å². The van der Waals surface area contributed by atoms with Crippen LogP contribution in [0.25, 0.3) is 0 Å². The summed E-state index contributed by atoms with van der Waals surface area (Å²) in [5.41, 5.74) is -0.873. The highest BCUT2D eigenvalue weighted by atomic mass is 79.9. The number of benzene rings is 1. The second kappa shape index (κ2) is 6.51. The van der Waals surface area contributed by atoms with Crippen molar-refractivity contribution in [3.63, 3.8) is 0 Å². The summed E-state index contributed by atoms with van der Waals surface area (Å²) in [6, 6.07) is 3.72. The topological polar surface area (TPSA) is 70.6 Å². The Hall–Kier alpha value is -1.18. The molecule has 1 aliphatic heterocycles. The van der Waals surface area contributed by atoms with Crippen molar-refractivity contribution in [2.24, 2.45) is 0 Å². The Bertz CT molecular complexity index is 493. The number of rotatable bonds is 3. The lowest BCUT2D eigenvalue weighted by Crippen LogP contribution is -2.47. The molecular weight excluding hydrogens is 331 g/mol. The molecule has 1 fully saturated rings. The van der Waals surface area contributed by atoms with E-state index in [1.54, 1.807) is 6.07 Å². The minimum Gasteiger partial charge on any atom is -0.388 e. The number of anilines is 1. The Morgan fingerprint density at radius 2 is 2.15 bits per heavy atom. The van der Waals surface area contributed by atoms with Gasteiger partial charge >= 0.3 is 6.03 Å². The third-order valence-electron chi connectivity index (χ3n) is 3.18. The molecule has 1 aliphatic rings. The molecule has 1 aromatic rings. The van der Waals surface area contributed by atoms with Crippen LogP contribution in [0, 0.1) is 5.82 Å². The van der Waals surface area contributed by atoms with Gasteiger partial charge in [-0.3, -0.25) is 0 Å². The summed E-state index contributed by atoms with van der Waals surface area (Å²) >= 11 is 3.20. The van der Waals surface area contributed by atoms with Crippen LogP contribution in [0.1, 0.15) is 12.8 Å². The Labute approximate surface area is 124 Å². The Morgan fingerprint density at radius 3 is 2.85 bits per heavy atom. The second-order valence-electron chi connectivity index (χ2n) is 4.77. The molecule has 7 heteroatoms. The lowest BCUT2D eigenvalue weighted by atomic mass is 9.94. The summed E-state index contributed by atoms with van der Waals surface area (Å²) in [5, 5.41) is 15.1. The van der Waals surface area contributed by atoms with Gasteiger partial charge in [-0.05, 0) is 18.2 Å². The zero-order valence-electron chi connectivity index (χ0n) is 10.8. The van der Waals surface area contributed by atoms with Gasteiger partial charge in [-0.2, -0.15) is 0 Å². The molecule has 2 amide bonds. The SMILES string of the molecule is O=C(NCC1(O)CCOCC1)Nc1cc(Br)ccc1F. The molecule has 0 aromatic heterocycles. The first-order chi connectivity index (χ1) is 9.48. The van der Waals surface area contributed by atoms with Gasteiger partial charge in [-0.25, -0.2) is 9.18 Å². The minimum atomic E-state index is -0.953. The van der Waals surface area contributed by atoms with E-state index in [1.807, 2.05) is 0 Å². The zero-order valence-corrected chi connectivity index (χ0v) is 12.4. The van der Waals surface area contributed by atoms with Crippen molar-refractivity contribution in [2.45, 2.75) is 18.4 Å². The van der Waals surface area contributed by atoms with Crippen LogP contribution >= 0.6 is 15.9 Å². The van der Waals surface area contributed by atoms with Crippen molar-refractivity contribution in [2.75, 3.05) is 25.1 Å². The van der Waals surface area contributed by atoms with Crippen molar-refractivity contribution in [3.05, 3.63) is 28.5 Å². The van der Waals surface area contributed by atoms with Crippen molar-refractivity contribution < 1.29 is 19.0 Å². The molecule has 0 bridgehead atoms. The number of aliphatic hydroxyl groups is 1. The highest BCUT2D eigenvalue weighted by Gasteiger charge is 2.30. The molecule has 0 atom stereocenters. The first-order valence-corrected chi connectivity index (χ1v) is 7.08. The average molecular weight is 347 g/mol. The summed E-state index contributed by atoms with van der Waals surface area (Å²) in [7, 11) is 0. The predicted octanol–water partition coefficient (Wildman–Crippen LogP) is 2.25. The predicted molar refractivity (Wildman–Crippen MR) is 76.1 cm³/mol. The number of carbonyl (C=O) groups is 1. The Morgan fingerprint density at radius 1 is 1.45 bits per heavy atom. The van der Waals surface area contributed by atoms with Gasteiger partial charge in [0.1, 0.15) is 5.82 Å². The quantitative estimate of drug-likeness (QED) is 0.786. The van der Waals surface area contributed by atoms with Crippen LogP contribution in [-0.4, -0.2) is 36.5 Å². The number of carbonyl (C=O) groups excluding carboxylic acids is 1. The summed E-state index contributed by atoms with van der Waals surface area (Å²) in [6.45, 7) is 1.05. The number of amides is 2. The first kappa shape index (κ1) is 15.2. The molecule has 5 nitrogen and oxygen atoms in total. The van der Waals surface area contributed by atoms with Gasteiger partial charge < -0.3 is 20.5 Å². The van der Waals surface area contributed by atoms with Crippen LogP contribution in [0.15, 0.2) is 22.7 Å². The van der Waals surface area contributed by atoms with Gasteiger partial charge in [-0.1, -0.05) is 15.9 Å². The van der Waals surface area contributed by atoms with E-state index in [-0.39, 0.29) is 12.2 Å². The zero-order chi connectivity index (χ0) is 14.6. The molecule has 2 rings (SSSR count). The maximum atomic E-state index is 13.5. The van der Waals surface area contributed by atoms with E-state index < -0.39 is 17.4 Å². The minimum absolute atomic E-state index is 0.0795. The summed E-state index contributed by atoms with van der Waals surface area (Å²) in [6.07, 6.45) is 0.942. The van der Waals surface area contributed by atoms with Gasteiger partial charge in [0.25, 0.3) is 0 Å². The first-order valence-electron chi connectivity index (χ1n) is 6.29. The molecule has 0 unspecified atom stereocenters. The average Bonchev–Trinajstić information content (AvgIpc) is 2.42. The number of urea groups is 1. The number of halogens is 2. The van der Waals surface area contributed by atoms with Gasteiger partial charge in [0.2, 0.25) is 0 Å². The monoisotopic (exact) mass is 346 g/mol. The third-order valence-corrected chi connectivity index (χ3v) is 3.67. The molecule has 1 aromatic carbocycles. The van der Waals surface area contributed by atoms with Gasteiger partial charge in [0.05, 0.1) is 11.3 Å². The fourth-order valence-electron chi connectivity index (χ4n) is 1.93. The normalized spacial score (nSPS) is 17.6. The van der Waals surface area contributed by atoms with E-state index in [4.69, 9.17) is 4.74 Å². The number of ether oxygens (including phenoxy) is 1. The molecule has 20 heavy (non-hydrogen) atoms. The summed E-state index contributed by atoms with van der Waals surface area (Å²) in [4.78, 5) is 11.7. The van der Waals surface area contributed by atoms with E-state index in [2.05, 4.69) is 26.6 Å².